The van der Waals surface area contributed by atoms with Crippen molar-refractivity contribution in [2.75, 3.05) is 11.4 Å². The van der Waals surface area contributed by atoms with E-state index < -0.39 is 0 Å². The van der Waals surface area contributed by atoms with Crippen LogP contribution in [-0.4, -0.2) is 26.1 Å². The van der Waals surface area contributed by atoms with Crippen molar-refractivity contribution in [3.05, 3.63) is 28.0 Å². The maximum absolute atomic E-state index is 4.87. The van der Waals surface area contributed by atoms with Gasteiger partial charge in [0, 0.05) is 17.8 Å². The van der Waals surface area contributed by atoms with E-state index in [9.17, 15) is 0 Å². The maximum Gasteiger partial charge on any atom is 0.214 e. The molecule has 1 unspecified atom stereocenters. The first-order valence-electron chi connectivity index (χ1n) is 8.83. The van der Waals surface area contributed by atoms with Crippen LogP contribution in [0.25, 0.3) is 4.96 Å². The van der Waals surface area contributed by atoms with E-state index in [1.165, 1.54) is 49.9 Å². The molecule has 3 aromatic rings. The summed E-state index contributed by atoms with van der Waals surface area (Å²) < 4.78 is 2.00. The first-order chi connectivity index (χ1) is 11.8. The summed E-state index contributed by atoms with van der Waals surface area (Å²) in [5.41, 5.74) is 2.44. The molecule has 4 heterocycles. The Morgan fingerprint density at radius 1 is 1.08 bits per heavy atom. The number of hydrogen-bond donors (Lipinski definition) is 0. The van der Waals surface area contributed by atoms with Gasteiger partial charge >= 0.3 is 0 Å². The maximum atomic E-state index is 4.87. The highest BCUT2D eigenvalue weighted by Crippen LogP contribution is 2.39. The lowest BCUT2D eigenvalue weighted by Crippen LogP contribution is -2.22. The number of hydrogen-bond acceptors (Lipinski definition) is 6. The van der Waals surface area contributed by atoms with Crippen molar-refractivity contribution in [1.82, 2.24) is 19.6 Å². The lowest BCUT2D eigenvalue weighted by Gasteiger charge is -2.21. The molecule has 2 fully saturated rings. The molecule has 1 aliphatic carbocycles. The van der Waals surface area contributed by atoms with Gasteiger partial charge in [-0.2, -0.15) is 0 Å². The van der Waals surface area contributed by atoms with Gasteiger partial charge in [0.05, 0.1) is 28.6 Å². The summed E-state index contributed by atoms with van der Waals surface area (Å²) >= 11 is 3.46. The fourth-order valence-electron chi connectivity index (χ4n) is 4.08. The zero-order valence-electron chi connectivity index (χ0n) is 13.8. The summed E-state index contributed by atoms with van der Waals surface area (Å²) in [5.74, 6) is 0.653. The molecule has 3 aromatic heterocycles. The van der Waals surface area contributed by atoms with Crippen molar-refractivity contribution in [3.8, 4) is 0 Å². The second kappa shape index (κ2) is 5.81. The number of thiazole rings is 1. The van der Waals surface area contributed by atoms with Crippen molar-refractivity contribution >= 4 is 32.8 Å². The van der Waals surface area contributed by atoms with Crippen molar-refractivity contribution < 1.29 is 0 Å². The van der Waals surface area contributed by atoms with Gasteiger partial charge in [0.1, 0.15) is 0 Å². The van der Waals surface area contributed by atoms with Crippen LogP contribution in [0.1, 0.15) is 66.9 Å². The molecular weight excluding hydrogens is 338 g/mol. The summed E-state index contributed by atoms with van der Waals surface area (Å²) in [6.45, 7) is 3.14. The normalized spacial score (nSPS) is 22.2. The van der Waals surface area contributed by atoms with Crippen molar-refractivity contribution in [3.63, 3.8) is 0 Å². The molecule has 5 nitrogen and oxygen atoms in total. The molecule has 0 amide bonds. The number of imidazole rings is 1. The van der Waals surface area contributed by atoms with E-state index in [0.29, 0.717) is 12.0 Å². The Morgan fingerprint density at radius 2 is 1.96 bits per heavy atom. The van der Waals surface area contributed by atoms with E-state index in [0.717, 1.165) is 21.6 Å². The highest BCUT2D eigenvalue weighted by Gasteiger charge is 2.31. The van der Waals surface area contributed by atoms with Gasteiger partial charge in [-0.25, -0.2) is 14.5 Å². The second-order valence-corrected chi connectivity index (χ2v) is 8.90. The van der Waals surface area contributed by atoms with Crippen LogP contribution in [0.15, 0.2) is 11.6 Å². The molecule has 24 heavy (non-hydrogen) atoms. The highest BCUT2D eigenvalue weighted by atomic mass is 32.1. The van der Waals surface area contributed by atoms with Crippen LogP contribution in [0.3, 0.4) is 0 Å². The molecule has 0 aromatic carbocycles. The van der Waals surface area contributed by atoms with Gasteiger partial charge in [0.25, 0.3) is 0 Å². The molecule has 1 saturated carbocycles. The van der Waals surface area contributed by atoms with Crippen LogP contribution < -0.4 is 4.90 Å². The molecule has 0 bridgehead atoms. The Hall–Kier alpha value is -1.47. The molecule has 7 heteroatoms. The molecule has 126 valence electrons. The predicted octanol–water partition coefficient (Wildman–Crippen LogP) is 4.55. The topological polar surface area (TPSA) is 46.3 Å². The molecule has 0 radical (unpaired) electrons. The summed E-state index contributed by atoms with van der Waals surface area (Å²) in [6, 6.07) is 0.375. The van der Waals surface area contributed by atoms with Gasteiger partial charge in [0.15, 0.2) is 0 Å². The summed E-state index contributed by atoms with van der Waals surface area (Å²) in [5, 5.41) is 9.28. The van der Waals surface area contributed by atoms with E-state index in [1.54, 1.807) is 22.7 Å². The van der Waals surface area contributed by atoms with Gasteiger partial charge in [-0.05, 0) is 32.6 Å². The number of rotatable bonds is 3. The zero-order chi connectivity index (χ0) is 16.1. The van der Waals surface area contributed by atoms with Crippen LogP contribution in [-0.2, 0) is 0 Å². The van der Waals surface area contributed by atoms with Crippen LogP contribution in [0.4, 0.5) is 5.13 Å². The largest absolute Gasteiger partial charge is 0.338 e. The molecule has 0 spiro atoms. The molecule has 1 saturated heterocycles. The molecule has 1 atom stereocenters. The van der Waals surface area contributed by atoms with Crippen molar-refractivity contribution in [2.24, 2.45) is 0 Å². The van der Waals surface area contributed by atoms with Crippen molar-refractivity contribution in [1.29, 1.82) is 0 Å². The Kier molecular flexibility index (Phi) is 3.59. The Morgan fingerprint density at radius 3 is 2.71 bits per heavy atom. The number of nitrogens with zero attached hydrogens (tertiary/aromatic N) is 5. The summed E-state index contributed by atoms with van der Waals surface area (Å²) in [7, 11) is 0. The number of aromatic nitrogens is 4. The average Bonchev–Trinajstić information content (AvgIpc) is 3.33. The first-order valence-corrected chi connectivity index (χ1v) is 10.5. The molecule has 0 N–H and O–H groups in total. The Balaban J connectivity index is 1.44. The molecule has 1 aliphatic heterocycles. The highest BCUT2D eigenvalue weighted by molar-refractivity contribution is 7.20. The first kappa shape index (κ1) is 14.8. The zero-order valence-corrected chi connectivity index (χ0v) is 15.4. The summed E-state index contributed by atoms with van der Waals surface area (Å²) in [6.07, 6.45) is 9.79. The second-order valence-electron chi connectivity index (χ2n) is 6.90. The van der Waals surface area contributed by atoms with Gasteiger partial charge in [0.2, 0.25) is 10.1 Å². The molecule has 2 aliphatic rings. The fraction of sp³-hybridized carbons (Fsp3) is 0.588. The standard InChI is InChI=1S/C17H21N5S2/c1-11-18-14(10-23-11)15-7-4-8-21(15)17-20-22-9-13(19-16(22)24-17)12-5-2-3-6-12/h9-10,12,15H,2-8H2,1H3. The van der Waals surface area contributed by atoms with E-state index in [-0.39, 0.29) is 0 Å². The minimum Gasteiger partial charge on any atom is -0.338 e. The van der Waals surface area contributed by atoms with Crippen LogP contribution in [0, 0.1) is 6.92 Å². The lowest BCUT2D eigenvalue weighted by atomic mass is 10.1. The van der Waals surface area contributed by atoms with Gasteiger partial charge < -0.3 is 4.90 Å². The van der Waals surface area contributed by atoms with Crippen LogP contribution in [0.5, 0.6) is 0 Å². The number of fused-ring (bicyclic) bond motifs is 1. The van der Waals surface area contributed by atoms with E-state index in [2.05, 4.69) is 23.4 Å². The van der Waals surface area contributed by atoms with E-state index >= 15 is 0 Å². The van der Waals surface area contributed by atoms with E-state index in [4.69, 9.17) is 15.1 Å². The Bertz CT molecular complexity index is 826. The third-order valence-electron chi connectivity index (χ3n) is 5.30. The van der Waals surface area contributed by atoms with Gasteiger partial charge in [-0.1, -0.05) is 24.2 Å². The minimum absolute atomic E-state index is 0.375. The summed E-state index contributed by atoms with van der Waals surface area (Å²) in [4.78, 5) is 13.0. The van der Waals surface area contributed by atoms with Gasteiger partial charge in [-0.15, -0.1) is 16.4 Å². The van der Waals surface area contributed by atoms with Crippen LogP contribution in [0.2, 0.25) is 0 Å². The molecular formula is C17H21N5S2. The smallest absolute Gasteiger partial charge is 0.214 e. The fourth-order valence-corrected chi connectivity index (χ4v) is 5.70. The SMILES string of the molecule is Cc1nc(C2CCCN2c2nn3cc(C4CCCC4)nc3s2)cs1. The lowest BCUT2D eigenvalue weighted by molar-refractivity contribution is 0.689. The van der Waals surface area contributed by atoms with E-state index in [1.807, 2.05) is 4.52 Å². The third-order valence-corrected chi connectivity index (χ3v) is 7.05. The average molecular weight is 360 g/mol. The minimum atomic E-state index is 0.375. The van der Waals surface area contributed by atoms with Crippen LogP contribution >= 0.6 is 22.7 Å². The number of aryl methyl sites for hydroxylation is 1. The van der Waals surface area contributed by atoms with Crippen molar-refractivity contribution in [2.45, 2.75) is 57.4 Å². The number of anilines is 1. The predicted molar refractivity (Wildman–Crippen MR) is 98.2 cm³/mol. The third kappa shape index (κ3) is 2.45. The molecule has 5 rings (SSSR count). The Labute approximate surface area is 149 Å². The monoisotopic (exact) mass is 359 g/mol. The van der Waals surface area contributed by atoms with Gasteiger partial charge in [-0.3, -0.25) is 0 Å². The quantitative estimate of drug-likeness (QED) is 0.688.